The third-order valence-electron chi connectivity index (χ3n) is 3.35. The van der Waals surface area contributed by atoms with Gasteiger partial charge in [0.2, 0.25) is 0 Å². The maximum Gasteiger partial charge on any atom is 0.344 e. The lowest BCUT2D eigenvalue weighted by atomic mass is 10.0. The van der Waals surface area contributed by atoms with Crippen LogP contribution in [0.15, 0.2) is 48.5 Å². The molecule has 1 N–H and O–H groups in total. The zero-order valence-electron chi connectivity index (χ0n) is 13.5. The molecule has 0 fully saturated rings. The Labute approximate surface area is 140 Å². The fourth-order valence-corrected chi connectivity index (χ4v) is 2.07. The van der Waals surface area contributed by atoms with E-state index in [1.165, 1.54) is 18.2 Å². The zero-order chi connectivity index (χ0) is 17.4. The van der Waals surface area contributed by atoms with Gasteiger partial charge in [-0.1, -0.05) is 43.7 Å². The predicted molar refractivity (Wildman–Crippen MR) is 89.3 cm³/mol. The van der Waals surface area contributed by atoms with Crippen molar-refractivity contribution in [3.05, 3.63) is 59.7 Å². The molecular formula is C19H20O5. The van der Waals surface area contributed by atoms with Gasteiger partial charge < -0.3 is 14.6 Å². The first-order chi connectivity index (χ1) is 11.6. The Morgan fingerprint density at radius 3 is 2.54 bits per heavy atom. The van der Waals surface area contributed by atoms with Gasteiger partial charge in [-0.15, -0.1) is 0 Å². The molecule has 126 valence electrons. The number of hydrogen-bond donors (Lipinski definition) is 1. The van der Waals surface area contributed by atoms with E-state index in [0.29, 0.717) is 12.2 Å². The minimum atomic E-state index is -0.509. The summed E-state index contributed by atoms with van der Waals surface area (Å²) in [6.45, 7) is 2.02. The standard InChI is InChI=1S/C19H20O5/c1-2-3-11-23-18(21)13-24-17-12-15(20)9-10-16(17)19(22)14-7-5-4-6-8-14/h4-10,12,20H,2-3,11,13H2,1H3. The molecule has 0 aliphatic rings. The van der Waals surface area contributed by atoms with Gasteiger partial charge in [-0.25, -0.2) is 4.79 Å². The summed E-state index contributed by atoms with van der Waals surface area (Å²) in [6.07, 6.45) is 1.71. The third-order valence-corrected chi connectivity index (χ3v) is 3.35. The molecule has 2 aromatic carbocycles. The molecule has 24 heavy (non-hydrogen) atoms. The van der Waals surface area contributed by atoms with Crippen LogP contribution in [0.5, 0.6) is 11.5 Å². The summed E-state index contributed by atoms with van der Waals surface area (Å²) >= 11 is 0. The predicted octanol–water partition coefficient (Wildman–Crippen LogP) is 3.35. The van der Waals surface area contributed by atoms with Crippen molar-refractivity contribution in [2.75, 3.05) is 13.2 Å². The van der Waals surface area contributed by atoms with Crippen molar-refractivity contribution in [2.45, 2.75) is 19.8 Å². The van der Waals surface area contributed by atoms with Crippen LogP contribution in [0.3, 0.4) is 0 Å². The average Bonchev–Trinajstić information content (AvgIpc) is 2.60. The van der Waals surface area contributed by atoms with Crippen molar-refractivity contribution >= 4 is 11.8 Å². The first-order valence-electron chi connectivity index (χ1n) is 7.83. The Balaban J connectivity index is 2.10. The highest BCUT2D eigenvalue weighted by Gasteiger charge is 2.16. The van der Waals surface area contributed by atoms with Crippen LogP contribution < -0.4 is 4.74 Å². The summed E-state index contributed by atoms with van der Waals surface area (Å²) in [6, 6.07) is 12.9. The molecule has 0 atom stereocenters. The summed E-state index contributed by atoms with van der Waals surface area (Å²) in [7, 11) is 0. The number of benzene rings is 2. The Morgan fingerprint density at radius 2 is 1.83 bits per heavy atom. The highest BCUT2D eigenvalue weighted by molar-refractivity contribution is 6.10. The lowest BCUT2D eigenvalue weighted by molar-refractivity contribution is -0.146. The Bertz CT molecular complexity index is 694. The van der Waals surface area contributed by atoms with Crippen LogP contribution in [0.4, 0.5) is 0 Å². The highest BCUT2D eigenvalue weighted by atomic mass is 16.6. The van der Waals surface area contributed by atoms with E-state index in [2.05, 4.69) is 0 Å². The number of phenols is 1. The molecular weight excluding hydrogens is 308 g/mol. The van der Waals surface area contributed by atoms with Gasteiger partial charge >= 0.3 is 5.97 Å². The molecule has 0 radical (unpaired) electrons. The topological polar surface area (TPSA) is 72.8 Å². The fourth-order valence-electron chi connectivity index (χ4n) is 2.07. The molecule has 5 heteroatoms. The van der Waals surface area contributed by atoms with Crippen LogP contribution in [-0.2, 0) is 9.53 Å². The van der Waals surface area contributed by atoms with Gasteiger partial charge in [0, 0.05) is 11.6 Å². The summed E-state index contributed by atoms with van der Waals surface area (Å²) in [5.74, 6) is -0.653. The monoisotopic (exact) mass is 328 g/mol. The summed E-state index contributed by atoms with van der Waals surface area (Å²) in [5, 5.41) is 9.62. The van der Waals surface area contributed by atoms with Crippen molar-refractivity contribution in [1.82, 2.24) is 0 Å². The molecule has 0 aliphatic heterocycles. The number of hydrogen-bond acceptors (Lipinski definition) is 5. The molecule has 0 saturated carbocycles. The molecule has 0 saturated heterocycles. The maximum atomic E-state index is 12.6. The molecule has 2 rings (SSSR count). The van der Waals surface area contributed by atoms with Crippen molar-refractivity contribution in [1.29, 1.82) is 0 Å². The van der Waals surface area contributed by atoms with Crippen molar-refractivity contribution in [2.24, 2.45) is 0 Å². The second-order valence-electron chi connectivity index (χ2n) is 5.24. The first kappa shape index (κ1) is 17.5. The second-order valence-corrected chi connectivity index (χ2v) is 5.24. The first-order valence-corrected chi connectivity index (χ1v) is 7.83. The zero-order valence-corrected chi connectivity index (χ0v) is 13.5. The molecule has 0 aromatic heterocycles. The van der Waals surface area contributed by atoms with E-state index >= 15 is 0 Å². The van der Waals surface area contributed by atoms with Gasteiger partial charge in [-0.3, -0.25) is 4.79 Å². The number of esters is 1. The van der Waals surface area contributed by atoms with Gasteiger partial charge in [-0.2, -0.15) is 0 Å². The van der Waals surface area contributed by atoms with E-state index < -0.39 is 5.97 Å². The van der Waals surface area contributed by atoms with Crippen molar-refractivity contribution in [3.63, 3.8) is 0 Å². The van der Waals surface area contributed by atoms with Gasteiger partial charge in [0.15, 0.2) is 12.4 Å². The largest absolute Gasteiger partial charge is 0.508 e. The maximum absolute atomic E-state index is 12.6. The normalized spacial score (nSPS) is 10.2. The highest BCUT2D eigenvalue weighted by Crippen LogP contribution is 2.26. The van der Waals surface area contributed by atoms with Gasteiger partial charge in [0.1, 0.15) is 11.5 Å². The second kappa shape index (κ2) is 8.72. The van der Waals surface area contributed by atoms with Crippen molar-refractivity contribution in [3.8, 4) is 11.5 Å². The minimum Gasteiger partial charge on any atom is -0.508 e. The van der Waals surface area contributed by atoms with Crippen LogP contribution in [0.25, 0.3) is 0 Å². The Morgan fingerprint density at radius 1 is 1.08 bits per heavy atom. The van der Waals surface area contributed by atoms with E-state index in [-0.39, 0.29) is 29.5 Å². The third kappa shape index (κ3) is 4.84. The number of unbranched alkanes of at least 4 members (excludes halogenated alkanes) is 1. The van der Waals surface area contributed by atoms with Gasteiger partial charge in [0.05, 0.1) is 12.2 Å². The van der Waals surface area contributed by atoms with E-state index in [4.69, 9.17) is 9.47 Å². The molecule has 0 spiro atoms. The number of ketones is 1. The van der Waals surface area contributed by atoms with E-state index in [1.54, 1.807) is 24.3 Å². The lowest BCUT2D eigenvalue weighted by Crippen LogP contribution is -2.16. The molecule has 0 amide bonds. The Kier molecular flexibility index (Phi) is 6.37. The molecule has 0 aliphatic carbocycles. The molecule has 0 unspecified atom stereocenters. The summed E-state index contributed by atoms with van der Waals surface area (Å²) in [5.41, 5.74) is 0.777. The number of rotatable bonds is 8. The van der Waals surface area contributed by atoms with Gasteiger partial charge in [0.25, 0.3) is 0 Å². The van der Waals surface area contributed by atoms with E-state index in [0.717, 1.165) is 12.8 Å². The molecule has 0 heterocycles. The smallest absolute Gasteiger partial charge is 0.344 e. The number of phenolic OH excluding ortho intramolecular Hbond substituents is 1. The quantitative estimate of drug-likeness (QED) is 0.457. The minimum absolute atomic E-state index is 0.0473. The van der Waals surface area contributed by atoms with Crippen molar-refractivity contribution < 1.29 is 24.2 Å². The van der Waals surface area contributed by atoms with Crippen LogP contribution in [0.2, 0.25) is 0 Å². The number of carbonyl (C=O) groups is 2. The summed E-state index contributed by atoms with van der Waals surface area (Å²) in [4.78, 5) is 24.2. The van der Waals surface area contributed by atoms with Crippen LogP contribution in [-0.4, -0.2) is 30.1 Å². The van der Waals surface area contributed by atoms with Crippen LogP contribution in [0, 0.1) is 0 Å². The van der Waals surface area contributed by atoms with Crippen LogP contribution >= 0.6 is 0 Å². The number of ether oxygens (including phenoxy) is 2. The Hall–Kier alpha value is -2.82. The van der Waals surface area contributed by atoms with Gasteiger partial charge in [-0.05, 0) is 18.6 Å². The molecule has 2 aromatic rings. The molecule has 5 nitrogen and oxygen atoms in total. The fraction of sp³-hybridized carbons (Fsp3) is 0.263. The lowest BCUT2D eigenvalue weighted by Gasteiger charge is -2.11. The average molecular weight is 328 g/mol. The summed E-state index contributed by atoms with van der Waals surface area (Å²) < 4.78 is 10.4. The van der Waals surface area contributed by atoms with E-state index in [9.17, 15) is 14.7 Å². The van der Waals surface area contributed by atoms with E-state index in [1.807, 2.05) is 13.0 Å². The van der Waals surface area contributed by atoms with Crippen LogP contribution in [0.1, 0.15) is 35.7 Å². The SMILES string of the molecule is CCCCOC(=O)COc1cc(O)ccc1C(=O)c1ccccc1. The molecule has 0 bridgehead atoms. The number of aromatic hydroxyl groups is 1. The number of carbonyl (C=O) groups excluding carboxylic acids is 2.